The van der Waals surface area contributed by atoms with Gasteiger partial charge in [-0.2, -0.15) is 9.97 Å². The summed E-state index contributed by atoms with van der Waals surface area (Å²) >= 11 is 6.79. The molecule has 0 saturated carbocycles. The minimum absolute atomic E-state index is 0.0735. The van der Waals surface area contributed by atoms with Crippen LogP contribution in [0.3, 0.4) is 0 Å². The van der Waals surface area contributed by atoms with E-state index in [1.807, 2.05) is 30.3 Å². The molecule has 0 aliphatic carbocycles. The Labute approximate surface area is 278 Å². The number of methoxy groups -OCH3 is 1. The number of rotatable bonds is 8. The number of hydrogen-bond acceptors (Lipinski definition) is 9. The maximum atomic E-state index is 14.5. The number of carbonyl (C=O) groups is 1. The largest absolute Gasteiger partial charge is 0.467 e. The van der Waals surface area contributed by atoms with Crippen molar-refractivity contribution in [2.75, 3.05) is 63.0 Å². The van der Waals surface area contributed by atoms with Crippen molar-refractivity contribution in [1.29, 1.82) is 0 Å². The zero-order valence-corrected chi connectivity index (χ0v) is 27.3. The number of anilines is 2. The van der Waals surface area contributed by atoms with Crippen LogP contribution in [-0.2, 0) is 17.7 Å². The Hall–Kier alpha value is -3.61. The number of amides is 1. The van der Waals surface area contributed by atoms with Gasteiger partial charge >= 0.3 is 12.1 Å². The van der Waals surface area contributed by atoms with E-state index in [4.69, 9.17) is 35.8 Å². The molecule has 2 aromatic carbocycles. The van der Waals surface area contributed by atoms with Crippen LogP contribution in [-0.4, -0.2) is 108 Å². The lowest BCUT2D eigenvalue weighted by atomic mass is 9.95. The van der Waals surface area contributed by atoms with Gasteiger partial charge in [0.15, 0.2) is 6.79 Å². The standard InChI is InChI=1S/C34H40ClFN6O5/c1-45-20-47-25-12-21-4-2-5-27(35)30(21)29(13-25)39-11-8-26-28(18-39)37-32(46-19-34-9-3-10-41(34)15-22(36)14-34)38-31(26)40-16-23-6-7-24(17-40)42(23)33(43)44/h2,4-5,12-13,22-24H,3,6-11,14-20H2,1H3,(H,43,44)/t22?,23-,24+,34?. The highest BCUT2D eigenvalue weighted by molar-refractivity contribution is 6.36. The lowest BCUT2D eigenvalue weighted by molar-refractivity contribution is 0.0512. The Kier molecular flexibility index (Phi) is 7.92. The van der Waals surface area contributed by atoms with Crippen LogP contribution in [0.15, 0.2) is 30.3 Å². The van der Waals surface area contributed by atoms with E-state index in [9.17, 15) is 14.3 Å². The Morgan fingerprint density at radius 1 is 1.11 bits per heavy atom. The van der Waals surface area contributed by atoms with Crippen molar-refractivity contribution in [1.82, 2.24) is 19.8 Å². The number of ether oxygens (including phenoxy) is 3. The molecule has 5 aliphatic heterocycles. The minimum Gasteiger partial charge on any atom is -0.467 e. The van der Waals surface area contributed by atoms with Gasteiger partial charge in [0, 0.05) is 56.7 Å². The van der Waals surface area contributed by atoms with Crippen molar-refractivity contribution in [2.24, 2.45) is 0 Å². The van der Waals surface area contributed by atoms with Crippen LogP contribution >= 0.6 is 11.6 Å². The zero-order valence-electron chi connectivity index (χ0n) is 26.5. The fourth-order valence-corrected chi connectivity index (χ4v) is 9.03. The van der Waals surface area contributed by atoms with Gasteiger partial charge in [0.05, 0.1) is 40.6 Å². The van der Waals surface area contributed by atoms with Crippen molar-refractivity contribution in [3.63, 3.8) is 0 Å². The second-order valence-electron chi connectivity index (χ2n) is 13.6. The Bertz CT molecular complexity index is 1680. The number of nitrogens with zero attached hydrogens (tertiary/aromatic N) is 6. The average molecular weight is 667 g/mol. The number of fused-ring (bicyclic) bond motifs is 5. The molecule has 2 unspecified atom stereocenters. The van der Waals surface area contributed by atoms with Gasteiger partial charge in [-0.05, 0) is 56.2 Å². The number of piperazine rings is 1. The first kappa shape index (κ1) is 30.7. The first-order chi connectivity index (χ1) is 22.8. The lowest BCUT2D eigenvalue weighted by Crippen LogP contribution is -2.56. The molecule has 6 heterocycles. The Morgan fingerprint density at radius 3 is 2.72 bits per heavy atom. The van der Waals surface area contributed by atoms with Crippen molar-refractivity contribution in [3.05, 3.63) is 46.6 Å². The normalized spacial score (nSPS) is 27.0. The second kappa shape index (κ2) is 12.1. The number of aromatic nitrogens is 2. The second-order valence-corrected chi connectivity index (χ2v) is 14.0. The highest BCUT2D eigenvalue weighted by atomic mass is 35.5. The summed E-state index contributed by atoms with van der Waals surface area (Å²) < 4.78 is 32.0. The maximum absolute atomic E-state index is 14.5. The number of alkyl halides is 1. The van der Waals surface area contributed by atoms with Gasteiger partial charge in [-0.25, -0.2) is 9.18 Å². The highest BCUT2D eigenvalue weighted by Gasteiger charge is 2.50. The van der Waals surface area contributed by atoms with Gasteiger partial charge in [-0.15, -0.1) is 0 Å². The molecule has 3 aromatic rings. The van der Waals surface area contributed by atoms with Crippen LogP contribution in [0.5, 0.6) is 11.8 Å². The molecule has 8 rings (SSSR count). The Morgan fingerprint density at radius 2 is 1.94 bits per heavy atom. The van der Waals surface area contributed by atoms with Gasteiger partial charge < -0.3 is 29.1 Å². The molecule has 4 atom stereocenters. The van der Waals surface area contributed by atoms with Gasteiger partial charge in [0.25, 0.3) is 0 Å². The molecule has 1 N–H and O–H groups in total. The molecule has 1 amide bonds. The minimum atomic E-state index is -0.854. The summed E-state index contributed by atoms with van der Waals surface area (Å²) in [5, 5.41) is 12.4. The average Bonchev–Trinajstić information content (AvgIpc) is 3.68. The van der Waals surface area contributed by atoms with E-state index in [0.29, 0.717) is 62.9 Å². The van der Waals surface area contributed by atoms with Crippen LogP contribution in [0.2, 0.25) is 5.02 Å². The molecular weight excluding hydrogens is 627 g/mol. The van der Waals surface area contributed by atoms with Crippen molar-refractivity contribution in [3.8, 4) is 11.8 Å². The van der Waals surface area contributed by atoms with E-state index in [-0.39, 0.29) is 30.4 Å². The zero-order chi connectivity index (χ0) is 32.3. The van der Waals surface area contributed by atoms with Crippen LogP contribution < -0.4 is 19.3 Å². The summed E-state index contributed by atoms with van der Waals surface area (Å²) in [4.78, 5) is 30.4. The Balaban J connectivity index is 1.15. The third-order valence-electron chi connectivity index (χ3n) is 10.8. The predicted molar refractivity (Wildman–Crippen MR) is 176 cm³/mol. The molecule has 250 valence electrons. The number of carboxylic acid groups (broad SMARTS) is 1. The van der Waals surface area contributed by atoms with Gasteiger partial charge in [-0.1, -0.05) is 23.7 Å². The van der Waals surface area contributed by atoms with Crippen LogP contribution in [0.4, 0.5) is 20.7 Å². The van der Waals surface area contributed by atoms with E-state index in [0.717, 1.165) is 65.8 Å². The predicted octanol–water partition coefficient (Wildman–Crippen LogP) is 5.11. The third kappa shape index (κ3) is 5.47. The molecular formula is C34H40ClFN6O5. The molecule has 4 fully saturated rings. The first-order valence-electron chi connectivity index (χ1n) is 16.6. The summed E-state index contributed by atoms with van der Waals surface area (Å²) in [5.74, 6) is 1.51. The molecule has 0 spiro atoms. The quantitative estimate of drug-likeness (QED) is 0.326. The van der Waals surface area contributed by atoms with E-state index in [2.05, 4.69) is 14.7 Å². The van der Waals surface area contributed by atoms with Gasteiger partial charge in [0.2, 0.25) is 0 Å². The smallest absolute Gasteiger partial charge is 0.407 e. The molecule has 2 bridgehead atoms. The topological polar surface area (TPSA) is 104 Å². The van der Waals surface area contributed by atoms with Gasteiger partial charge in [-0.3, -0.25) is 9.80 Å². The van der Waals surface area contributed by atoms with E-state index in [1.54, 1.807) is 12.0 Å². The number of hydrogen-bond donors (Lipinski definition) is 1. The number of halogens is 2. The molecule has 1 aromatic heterocycles. The van der Waals surface area contributed by atoms with Crippen LogP contribution in [0.1, 0.15) is 43.4 Å². The molecule has 4 saturated heterocycles. The van der Waals surface area contributed by atoms with E-state index < -0.39 is 12.3 Å². The number of benzene rings is 2. The summed E-state index contributed by atoms with van der Waals surface area (Å²) in [5.41, 5.74) is 2.55. The maximum Gasteiger partial charge on any atom is 0.407 e. The van der Waals surface area contributed by atoms with E-state index >= 15 is 0 Å². The summed E-state index contributed by atoms with van der Waals surface area (Å²) in [7, 11) is 1.59. The molecule has 13 heteroatoms. The monoisotopic (exact) mass is 666 g/mol. The SMILES string of the molecule is COCOc1cc(N2CCc3c(nc(OCC45CCCN4CC(F)C5)nc3N3C[C@H]4CC[C@@H](C3)N4C(=O)O)C2)c2c(Cl)cccc2c1. The highest BCUT2D eigenvalue weighted by Crippen LogP contribution is 2.43. The summed E-state index contributed by atoms with van der Waals surface area (Å²) in [6, 6.07) is 9.97. The summed E-state index contributed by atoms with van der Waals surface area (Å²) in [6.45, 7) is 4.17. The summed E-state index contributed by atoms with van der Waals surface area (Å²) in [6.07, 6.45) is 3.07. The molecule has 11 nitrogen and oxygen atoms in total. The fraction of sp³-hybridized carbons (Fsp3) is 0.559. The molecule has 47 heavy (non-hydrogen) atoms. The fourth-order valence-electron chi connectivity index (χ4n) is 8.75. The first-order valence-corrected chi connectivity index (χ1v) is 17.0. The van der Waals surface area contributed by atoms with Gasteiger partial charge in [0.1, 0.15) is 24.3 Å². The van der Waals surface area contributed by atoms with Crippen molar-refractivity contribution >= 4 is 40.0 Å². The van der Waals surface area contributed by atoms with Crippen molar-refractivity contribution in [2.45, 2.75) is 68.9 Å². The molecule has 5 aliphatic rings. The van der Waals surface area contributed by atoms with Crippen molar-refractivity contribution < 1.29 is 28.5 Å². The van der Waals surface area contributed by atoms with Crippen LogP contribution in [0.25, 0.3) is 10.8 Å². The third-order valence-corrected chi connectivity index (χ3v) is 11.1. The molecule has 0 radical (unpaired) electrons. The van der Waals surface area contributed by atoms with E-state index in [1.165, 1.54) is 0 Å². The van der Waals surface area contributed by atoms with Crippen LogP contribution in [0, 0.1) is 0 Å². The lowest BCUT2D eigenvalue weighted by Gasteiger charge is -2.41.